The number of nitrogens with zero attached hydrogens (tertiary/aromatic N) is 2. The zero-order valence-electron chi connectivity index (χ0n) is 9.57. The minimum Gasteiger partial charge on any atom is -0.475 e. The van der Waals surface area contributed by atoms with Crippen LogP contribution in [0, 0.1) is 11.3 Å². The Balaban J connectivity index is 5.37. The van der Waals surface area contributed by atoms with Crippen molar-refractivity contribution in [3.05, 3.63) is 41.9 Å². The first kappa shape index (κ1) is 15.1. The van der Waals surface area contributed by atoms with E-state index in [1.165, 1.54) is 13.0 Å². The van der Waals surface area contributed by atoms with E-state index in [1.54, 1.807) is 0 Å². The van der Waals surface area contributed by atoms with Crippen LogP contribution in [-0.2, 0) is 4.74 Å². The van der Waals surface area contributed by atoms with Crippen molar-refractivity contribution in [2.75, 3.05) is 6.61 Å². The Labute approximate surface area is 98.5 Å². The number of halogens is 2. The van der Waals surface area contributed by atoms with Gasteiger partial charge < -0.3 is 9.84 Å². The van der Waals surface area contributed by atoms with Gasteiger partial charge in [0, 0.05) is 0 Å². The van der Waals surface area contributed by atoms with Gasteiger partial charge >= 0.3 is 17.6 Å². The summed E-state index contributed by atoms with van der Waals surface area (Å²) in [7, 11) is 0. The zero-order chi connectivity index (χ0) is 13.5. The van der Waals surface area contributed by atoms with Crippen LogP contribution < -0.4 is 0 Å². The smallest absolute Gasteiger partial charge is 0.475 e. The quantitative estimate of drug-likeness (QED) is 0.423. The lowest BCUT2D eigenvalue weighted by molar-refractivity contribution is -0.0138. The average Bonchev–Trinajstić information content (AvgIpc) is 2.26. The molecule has 0 bridgehead atoms. The zero-order valence-corrected chi connectivity index (χ0v) is 9.57. The van der Waals surface area contributed by atoms with Crippen molar-refractivity contribution >= 4 is 0 Å². The molecule has 4 nitrogen and oxygen atoms in total. The molecular formula is C11H15F2N2O2+. The number of diazo groups is 1. The molecule has 94 valence electrons. The fraction of sp³-hybridized carbons (Fsp3) is 0.455. The van der Waals surface area contributed by atoms with E-state index < -0.39 is 23.5 Å². The second-order valence-corrected chi connectivity index (χ2v) is 3.18. The predicted molar refractivity (Wildman–Crippen MR) is 59.8 cm³/mol. The first-order chi connectivity index (χ1) is 7.95. The Kier molecular flexibility index (Phi) is 5.89. The van der Waals surface area contributed by atoms with E-state index in [-0.39, 0.29) is 13.0 Å². The van der Waals surface area contributed by atoms with E-state index in [0.29, 0.717) is 0 Å². The molecule has 0 aromatic heterocycles. The van der Waals surface area contributed by atoms with Crippen molar-refractivity contribution in [2.45, 2.75) is 19.3 Å². The normalized spacial score (nSPS) is 14.2. The maximum absolute atomic E-state index is 13.8. The third kappa shape index (κ3) is 3.55. The molecular weight excluding hydrogens is 230 g/mol. The fourth-order valence-corrected chi connectivity index (χ4v) is 1.20. The van der Waals surface area contributed by atoms with Crippen molar-refractivity contribution in [1.82, 2.24) is 0 Å². The molecule has 0 aromatic carbocycles. The van der Waals surface area contributed by atoms with E-state index in [0.717, 1.165) is 6.08 Å². The third-order valence-electron chi connectivity index (χ3n) is 2.07. The molecule has 17 heavy (non-hydrogen) atoms. The van der Waals surface area contributed by atoms with Crippen molar-refractivity contribution in [1.29, 1.82) is 5.39 Å². The molecule has 1 unspecified atom stereocenters. The number of aliphatic hydroxyl groups excluding tert-OH is 1. The molecule has 0 aliphatic heterocycles. The van der Waals surface area contributed by atoms with Crippen molar-refractivity contribution in [3.8, 4) is 0 Å². The monoisotopic (exact) mass is 245 g/mol. The highest BCUT2D eigenvalue weighted by atomic mass is 19.3. The van der Waals surface area contributed by atoms with E-state index in [1.807, 2.05) is 0 Å². The van der Waals surface area contributed by atoms with Crippen LogP contribution in [0.2, 0.25) is 0 Å². The Morgan fingerprint density at radius 1 is 1.59 bits per heavy atom. The van der Waals surface area contributed by atoms with Gasteiger partial charge in [-0.2, -0.15) is 8.78 Å². The Morgan fingerprint density at radius 3 is 2.53 bits per heavy atom. The Bertz CT molecular complexity index is 359. The van der Waals surface area contributed by atoms with Crippen LogP contribution in [-0.4, -0.2) is 17.6 Å². The molecule has 0 aliphatic carbocycles. The molecule has 0 fully saturated rings. The van der Waals surface area contributed by atoms with Gasteiger partial charge in [0.15, 0.2) is 4.98 Å². The maximum atomic E-state index is 13.8. The van der Waals surface area contributed by atoms with Gasteiger partial charge in [-0.3, -0.25) is 0 Å². The summed E-state index contributed by atoms with van der Waals surface area (Å²) in [5.41, 5.74) is -1.22. The van der Waals surface area contributed by atoms with E-state index in [9.17, 15) is 13.9 Å². The maximum Gasteiger partial charge on any atom is 0.509 e. The largest absolute Gasteiger partial charge is 0.509 e. The van der Waals surface area contributed by atoms with Crippen molar-refractivity contribution < 1.29 is 18.6 Å². The standard InChI is InChI=1S/C11H14F2N2O2/c1-4-7-8(5-2)11(12,13)9(15-14)10(16)17-6-3/h4-5,8H,1-2,6-7H2,3H3/p+1/b10-9-. The first-order valence-corrected chi connectivity index (χ1v) is 4.98. The average molecular weight is 245 g/mol. The number of alkyl halides is 2. The Hall–Kier alpha value is -1.90. The molecule has 0 aliphatic rings. The highest BCUT2D eigenvalue weighted by molar-refractivity contribution is 5.23. The highest BCUT2D eigenvalue weighted by Gasteiger charge is 2.54. The molecule has 0 saturated heterocycles. The van der Waals surface area contributed by atoms with E-state index >= 15 is 0 Å². The van der Waals surface area contributed by atoms with Gasteiger partial charge in [-0.15, -0.1) is 13.2 Å². The van der Waals surface area contributed by atoms with Gasteiger partial charge in [-0.25, -0.2) is 0 Å². The molecule has 1 atom stereocenters. The summed E-state index contributed by atoms with van der Waals surface area (Å²) < 4.78 is 32.2. The van der Waals surface area contributed by atoms with Gasteiger partial charge in [0.2, 0.25) is 5.39 Å². The van der Waals surface area contributed by atoms with Crippen LogP contribution in [0.1, 0.15) is 13.3 Å². The molecule has 0 rings (SSSR count). The van der Waals surface area contributed by atoms with Gasteiger partial charge in [0.1, 0.15) is 0 Å². The predicted octanol–water partition coefficient (Wildman–Crippen LogP) is 3.62. The molecule has 0 amide bonds. The highest BCUT2D eigenvalue weighted by Crippen LogP contribution is 2.37. The van der Waals surface area contributed by atoms with Crippen LogP contribution in [0.4, 0.5) is 8.78 Å². The molecule has 1 N–H and O–H groups in total. The lowest BCUT2D eigenvalue weighted by Gasteiger charge is -2.16. The van der Waals surface area contributed by atoms with Crippen LogP contribution >= 0.6 is 0 Å². The summed E-state index contributed by atoms with van der Waals surface area (Å²) >= 11 is 0. The lowest BCUT2D eigenvalue weighted by Crippen LogP contribution is -2.29. The van der Waals surface area contributed by atoms with Crippen molar-refractivity contribution in [3.63, 3.8) is 0 Å². The summed E-state index contributed by atoms with van der Waals surface area (Å²) in [6.45, 7) is 8.09. The topological polar surface area (TPSA) is 57.6 Å². The second-order valence-electron chi connectivity index (χ2n) is 3.18. The molecule has 6 heteroatoms. The lowest BCUT2D eigenvalue weighted by atomic mass is 9.95. The number of hydrogen-bond donors (Lipinski definition) is 1. The summed E-state index contributed by atoms with van der Waals surface area (Å²) in [5, 5.41) is 17.8. The van der Waals surface area contributed by atoms with E-state index in [4.69, 9.17) is 5.39 Å². The van der Waals surface area contributed by atoms with Crippen LogP contribution in [0.3, 0.4) is 0 Å². The SMILES string of the molecule is C=CCC(C=C)C(F)(F)/C([N+]#N)=C(\O)OCC. The summed E-state index contributed by atoms with van der Waals surface area (Å²) in [6, 6.07) is 0. The summed E-state index contributed by atoms with van der Waals surface area (Å²) in [4.78, 5) is 2.40. The van der Waals surface area contributed by atoms with Crippen LogP contribution in [0.25, 0.3) is 4.98 Å². The van der Waals surface area contributed by atoms with Crippen LogP contribution in [0.5, 0.6) is 0 Å². The molecule has 0 radical (unpaired) electrons. The van der Waals surface area contributed by atoms with Gasteiger partial charge in [-0.1, -0.05) is 12.2 Å². The summed E-state index contributed by atoms with van der Waals surface area (Å²) in [6.07, 6.45) is 2.22. The van der Waals surface area contributed by atoms with Gasteiger partial charge in [0.05, 0.1) is 12.5 Å². The number of hydrogen-bond acceptors (Lipinski definition) is 3. The second kappa shape index (κ2) is 6.63. The molecule has 0 heterocycles. The number of aliphatic hydroxyl groups is 1. The van der Waals surface area contributed by atoms with E-state index in [2.05, 4.69) is 22.9 Å². The van der Waals surface area contributed by atoms with Crippen molar-refractivity contribution in [2.24, 2.45) is 5.92 Å². The number of allylic oxidation sites excluding steroid dienone is 3. The number of rotatable bonds is 7. The van der Waals surface area contributed by atoms with Gasteiger partial charge in [-0.05, 0) is 13.3 Å². The van der Waals surface area contributed by atoms with Crippen LogP contribution in [0.15, 0.2) is 37.0 Å². The van der Waals surface area contributed by atoms with Gasteiger partial charge in [0.25, 0.3) is 0 Å². The number of ether oxygens (including phenoxy) is 1. The minimum atomic E-state index is -3.59. The molecule has 0 spiro atoms. The fourth-order valence-electron chi connectivity index (χ4n) is 1.20. The minimum absolute atomic E-state index is 0.0266. The Morgan fingerprint density at radius 2 is 2.18 bits per heavy atom. The third-order valence-corrected chi connectivity index (χ3v) is 2.07. The molecule has 0 aromatic rings. The first-order valence-electron chi connectivity index (χ1n) is 4.98. The molecule has 0 saturated carbocycles. The summed E-state index contributed by atoms with van der Waals surface area (Å²) in [5.74, 6) is -6.03.